The lowest BCUT2D eigenvalue weighted by Gasteiger charge is -2.29. The van der Waals surface area contributed by atoms with Gasteiger partial charge in [0.15, 0.2) is 0 Å². The number of carbonyl (C=O) groups excluding carboxylic acids is 3. The zero-order valence-electron chi connectivity index (χ0n) is 28.1. The van der Waals surface area contributed by atoms with Crippen LogP contribution >= 0.6 is 11.8 Å². The highest BCUT2D eigenvalue weighted by molar-refractivity contribution is 7.98. The molecule has 1 aromatic rings. The minimum Gasteiger partial charge on any atom is -0.465 e. The summed E-state index contributed by atoms with van der Waals surface area (Å²) < 4.78 is 5.35. The summed E-state index contributed by atoms with van der Waals surface area (Å²) >= 11 is 1.74. The monoisotopic (exact) mass is 652 g/mol. The van der Waals surface area contributed by atoms with Crippen LogP contribution in [-0.4, -0.2) is 54.4 Å². The minimum atomic E-state index is -1.38. The fourth-order valence-corrected chi connectivity index (χ4v) is 4.84. The molecular formula is C38H56N2O5S. The maximum Gasteiger partial charge on any atom is 0.305 e. The van der Waals surface area contributed by atoms with E-state index in [2.05, 4.69) is 90.5 Å². The number of aliphatic hydroxyl groups excluding tert-OH is 1. The highest BCUT2D eigenvalue weighted by atomic mass is 32.2. The number of aliphatic hydroxyl groups is 1. The number of allylic oxidation sites excluding steroid dienone is 10. The first kappa shape index (κ1) is 40.7. The molecule has 0 aromatic heterocycles. The zero-order chi connectivity index (χ0) is 33.7. The van der Waals surface area contributed by atoms with Gasteiger partial charge in [-0.05, 0) is 50.5 Å². The molecule has 1 atom stereocenters. The van der Waals surface area contributed by atoms with E-state index in [0.29, 0.717) is 13.0 Å². The van der Waals surface area contributed by atoms with Gasteiger partial charge in [-0.25, -0.2) is 0 Å². The van der Waals surface area contributed by atoms with Gasteiger partial charge in [-0.1, -0.05) is 112 Å². The average molecular weight is 653 g/mol. The topological polar surface area (TPSA) is 105 Å². The molecule has 0 aliphatic heterocycles. The van der Waals surface area contributed by atoms with Crippen LogP contribution in [0.25, 0.3) is 0 Å². The third-order valence-corrected chi connectivity index (χ3v) is 7.86. The van der Waals surface area contributed by atoms with Crippen molar-refractivity contribution < 1.29 is 24.2 Å². The van der Waals surface area contributed by atoms with Crippen LogP contribution in [0.1, 0.15) is 84.1 Å². The lowest BCUT2D eigenvalue weighted by atomic mass is 9.87. The molecule has 0 heterocycles. The van der Waals surface area contributed by atoms with Crippen LogP contribution in [0.5, 0.6) is 0 Å². The molecule has 0 saturated heterocycles. The largest absolute Gasteiger partial charge is 0.465 e. The number of nitrogens with one attached hydrogen (secondary N) is 2. The van der Waals surface area contributed by atoms with Crippen molar-refractivity contribution in [3.8, 4) is 0 Å². The molecule has 46 heavy (non-hydrogen) atoms. The van der Waals surface area contributed by atoms with Crippen molar-refractivity contribution >= 4 is 29.5 Å². The maximum atomic E-state index is 12.4. The molecule has 1 unspecified atom stereocenters. The number of thioether (sulfide) groups is 1. The van der Waals surface area contributed by atoms with Crippen molar-refractivity contribution in [2.45, 2.75) is 90.4 Å². The first-order chi connectivity index (χ1) is 22.3. The van der Waals surface area contributed by atoms with Gasteiger partial charge in [0, 0.05) is 42.9 Å². The van der Waals surface area contributed by atoms with Gasteiger partial charge in [0.25, 0.3) is 0 Å². The summed E-state index contributed by atoms with van der Waals surface area (Å²) in [5, 5.41) is 16.0. The molecule has 0 fully saturated rings. The van der Waals surface area contributed by atoms with E-state index in [4.69, 9.17) is 4.74 Å². The SMILES string of the molecule is CC/C=C\C/C=C\C/C=C\C/C=C\C/C=C\CCCC(=O)OCC(C)(C)C(O)C(=O)NCCC(=O)NCCSCc1ccccc1. The van der Waals surface area contributed by atoms with Gasteiger partial charge in [-0.15, -0.1) is 0 Å². The Balaban J connectivity index is 2.10. The summed E-state index contributed by atoms with van der Waals surface area (Å²) in [5.41, 5.74) is 0.275. The van der Waals surface area contributed by atoms with Crippen LogP contribution in [-0.2, 0) is 24.9 Å². The summed E-state index contributed by atoms with van der Waals surface area (Å²) in [6.45, 7) is 6.06. The number of hydrogen-bond donors (Lipinski definition) is 3. The Hall–Kier alpha value is -3.36. The lowest BCUT2D eigenvalue weighted by molar-refractivity contribution is -0.153. The Morgan fingerprint density at radius 1 is 0.826 bits per heavy atom. The van der Waals surface area contributed by atoms with Gasteiger partial charge in [-0.2, -0.15) is 11.8 Å². The summed E-state index contributed by atoms with van der Waals surface area (Å²) in [7, 11) is 0. The quantitative estimate of drug-likeness (QED) is 0.0578. The first-order valence-corrected chi connectivity index (χ1v) is 17.7. The van der Waals surface area contributed by atoms with E-state index in [9.17, 15) is 19.5 Å². The van der Waals surface area contributed by atoms with Crippen LogP contribution < -0.4 is 10.6 Å². The summed E-state index contributed by atoms with van der Waals surface area (Å²) in [4.78, 5) is 36.7. The molecule has 0 aliphatic rings. The van der Waals surface area contributed by atoms with Crippen LogP contribution in [0, 0.1) is 5.41 Å². The lowest BCUT2D eigenvalue weighted by Crippen LogP contribution is -2.47. The Bertz CT molecular complexity index is 1130. The number of amides is 2. The van der Waals surface area contributed by atoms with E-state index in [1.54, 1.807) is 25.6 Å². The second-order valence-corrected chi connectivity index (χ2v) is 12.7. The molecule has 0 bridgehead atoms. The van der Waals surface area contributed by atoms with Gasteiger partial charge in [0.2, 0.25) is 11.8 Å². The number of carbonyl (C=O) groups is 3. The van der Waals surface area contributed by atoms with Crippen molar-refractivity contribution in [1.82, 2.24) is 10.6 Å². The fourth-order valence-electron chi connectivity index (χ4n) is 4.02. The molecule has 2 amide bonds. The molecule has 1 aromatic carbocycles. The van der Waals surface area contributed by atoms with Crippen LogP contribution in [0.3, 0.4) is 0 Å². The van der Waals surface area contributed by atoms with Crippen LogP contribution in [0.15, 0.2) is 91.1 Å². The molecule has 254 valence electrons. The van der Waals surface area contributed by atoms with Crippen molar-refractivity contribution in [2.75, 3.05) is 25.4 Å². The van der Waals surface area contributed by atoms with Crippen molar-refractivity contribution in [3.05, 3.63) is 96.7 Å². The van der Waals surface area contributed by atoms with Gasteiger partial charge in [0.05, 0.1) is 6.61 Å². The van der Waals surface area contributed by atoms with E-state index in [0.717, 1.165) is 50.0 Å². The zero-order valence-corrected chi connectivity index (χ0v) is 28.9. The molecule has 0 saturated carbocycles. The van der Waals surface area contributed by atoms with Crippen molar-refractivity contribution in [2.24, 2.45) is 5.41 Å². The van der Waals surface area contributed by atoms with E-state index in [-0.39, 0.29) is 37.9 Å². The second kappa shape index (κ2) is 26.8. The predicted molar refractivity (Wildman–Crippen MR) is 192 cm³/mol. The molecule has 1 rings (SSSR count). The summed E-state index contributed by atoms with van der Waals surface area (Å²) in [6.07, 6.45) is 26.8. The Labute approximate surface area is 281 Å². The first-order valence-electron chi connectivity index (χ1n) is 16.5. The normalized spacial score (nSPS) is 13.0. The third kappa shape index (κ3) is 22.2. The van der Waals surface area contributed by atoms with E-state index >= 15 is 0 Å². The highest BCUT2D eigenvalue weighted by Gasteiger charge is 2.34. The van der Waals surface area contributed by atoms with Crippen LogP contribution in [0.4, 0.5) is 0 Å². The fraction of sp³-hybridized carbons (Fsp3) is 0.500. The van der Waals surface area contributed by atoms with Gasteiger partial charge >= 0.3 is 5.97 Å². The van der Waals surface area contributed by atoms with Crippen LogP contribution in [0.2, 0.25) is 0 Å². The van der Waals surface area contributed by atoms with Crippen molar-refractivity contribution in [3.63, 3.8) is 0 Å². The Morgan fingerprint density at radius 2 is 1.41 bits per heavy atom. The van der Waals surface area contributed by atoms with E-state index in [1.165, 1.54) is 5.56 Å². The number of hydrogen-bond acceptors (Lipinski definition) is 6. The van der Waals surface area contributed by atoms with Gasteiger partial charge < -0.3 is 20.5 Å². The molecule has 0 spiro atoms. The third-order valence-electron chi connectivity index (χ3n) is 6.83. The Kier molecular flexibility index (Phi) is 23.7. The summed E-state index contributed by atoms with van der Waals surface area (Å²) in [5.74, 6) is 0.577. The second-order valence-electron chi connectivity index (χ2n) is 11.6. The van der Waals surface area contributed by atoms with Gasteiger partial charge in [-0.3, -0.25) is 14.4 Å². The van der Waals surface area contributed by atoms with E-state index < -0.39 is 17.4 Å². The molecule has 0 radical (unpaired) electrons. The standard InChI is InChI=1S/C38H56N2O5S/c1-4-5-6-7-8-9-10-11-12-13-14-15-16-17-18-19-23-26-35(42)45-32-38(2,3)36(43)37(44)40-28-27-34(41)39-29-30-46-31-33-24-21-20-22-25-33/h5-6,8-9,11-12,14-15,17-18,20-22,24-25,36,43H,4,7,10,13,16,19,23,26-32H2,1-3H3,(H,39,41)(H,40,44)/b6-5-,9-8-,12-11-,15-14-,18-17-. The minimum absolute atomic E-state index is 0.0801. The predicted octanol–water partition coefficient (Wildman–Crippen LogP) is 7.39. The highest BCUT2D eigenvalue weighted by Crippen LogP contribution is 2.22. The number of esters is 1. The molecule has 3 N–H and O–H groups in total. The summed E-state index contributed by atoms with van der Waals surface area (Å²) in [6, 6.07) is 10.1. The maximum absolute atomic E-state index is 12.4. The molecule has 7 nitrogen and oxygen atoms in total. The van der Waals surface area contributed by atoms with Gasteiger partial charge in [0.1, 0.15) is 6.10 Å². The molecule has 0 aliphatic carbocycles. The molecule has 8 heteroatoms. The Morgan fingerprint density at radius 3 is 2.02 bits per heavy atom. The number of ether oxygens (including phenoxy) is 1. The number of unbranched alkanes of at least 4 members (excludes halogenated alkanes) is 1. The average Bonchev–Trinajstić information content (AvgIpc) is 3.05. The number of benzene rings is 1. The van der Waals surface area contributed by atoms with E-state index in [1.807, 2.05) is 18.2 Å². The number of rotatable bonds is 25. The van der Waals surface area contributed by atoms with Crippen molar-refractivity contribution in [1.29, 1.82) is 0 Å². The molecular weight excluding hydrogens is 596 g/mol. The smallest absolute Gasteiger partial charge is 0.305 e.